The zero-order valence-electron chi connectivity index (χ0n) is 12.4. The number of morpholine rings is 1. The van der Waals surface area contributed by atoms with Crippen LogP contribution in [0.4, 0.5) is 0 Å². The van der Waals surface area contributed by atoms with Gasteiger partial charge in [-0.15, -0.1) is 0 Å². The highest BCUT2D eigenvalue weighted by atomic mass is 16.5. The van der Waals surface area contributed by atoms with Gasteiger partial charge in [0.15, 0.2) is 0 Å². The highest BCUT2D eigenvalue weighted by molar-refractivity contribution is 4.93. The highest BCUT2D eigenvalue weighted by Crippen LogP contribution is 2.21. The molecule has 3 rings (SSSR count). The Morgan fingerprint density at radius 3 is 2.53 bits per heavy atom. The summed E-state index contributed by atoms with van der Waals surface area (Å²) in [6, 6.07) is 0.642. The lowest BCUT2D eigenvalue weighted by Crippen LogP contribution is -2.48. The van der Waals surface area contributed by atoms with Gasteiger partial charge in [-0.1, -0.05) is 6.42 Å². The number of piperidine rings is 1. The minimum Gasteiger partial charge on any atom is -0.374 e. The fourth-order valence-corrected chi connectivity index (χ4v) is 3.82. The van der Waals surface area contributed by atoms with Crippen LogP contribution in [0, 0.1) is 0 Å². The van der Waals surface area contributed by atoms with Crippen LogP contribution < -0.4 is 0 Å². The molecule has 2 unspecified atom stereocenters. The molecule has 0 aromatic carbocycles. The lowest BCUT2D eigenvalue weighted by atomic mass is 10.1. The van der Waals surface area contributed by atoms with E-state index in [-0.39, 0.29) is 0 Å². The van der Waals surface area contributed by atoms with Gasteiger partial charge in [-0.05, 0) is 52.5 Å². The Bertz CT molecular complexity index is 281. The predicted molar refractivity (Wildman–Crippen MR) is 77.5 cm³/mol. The summed E-state index contributed by atoms with van der Waals surface area (Å²) in [5.41, 5.74) is 0. The maximum Gasteiger partial charge on any atom is 0.0869 e. The monoisotopic (exact) mass is 267 g/mol. The average molecular weight is 267 g/mol. The number of hydrogen-bond acceptors (Lipinski definition) is 4. The van der Waals surface area contributed by atoms with Gasteiger partial charge in [-0.3, -0.25) is 9.80 Å². The summed E-state index contributed by atoms with van der Waals surface area (Å²) in [5.74, 6) is 0. The van der Waals surface area contributed by atoms with Crippen molar-refractivity contribution in [3.63, 3.8) is 0 Å². The molecule has 0 N–H and O–H groups in total. The van der Waals surface area contributed by atoms with Crippen LogP contribution >= 0.6 is 0 Å². The molecule has 3 aliphatic heterocycles. The topological polar surface area (TPSA) is 19.0 Å². The Hall–Kier alpha value is -0.160. The third kappa shape index (κ3) is 3.48. The molecule has 0 amide bonds. The number of ether oxygens (including phenoxy) is 1. The van der Waals surface area contributed by atoms with Gasteiger partial charge in [0, 0.05) is 25.7 Å². The summed E-state index contributed by atoms with van der Waals surface area (Å²) >= 11 is 0. The van der Waals surface area contributed by atoms with E-state index < -0.39 is 0 Å². The summed E-state index contributed by atoms with van der Waals surface area (Å²) in [4.78, 5) is 7.75. The van der Waals surface area contributed by atoms with Crippen LogP contribution in [0.25, 0.3) is 0 Å². The Balaban J connectivity index is 1.37. The number of likely N-dealkylation sites (tertiary alicyclic amines) is 2. The van der Waals surface area contributed by atoms with Crippen LogP contribution in [-0.2, 0) is 4.74 Å². The number of nitrogens with zero attached hydrogens (tertiary/aromatic N) is 3. The Kier molecular flexibility index (Phi) is 4.74. The SMILES string of the molecule is CN1CCOC2CN(CCCN3CCCCC3)CC21. The van der Waals surface area contributed by atoms with Crippen LogP contribution in [0.2, 0.25) is 0 Å². The second kappa shape index (κ2) is 6.53. The van der Waals surface area contributed by atoms with Crippen LogP contribution in [0.15, 0.2) is 0 Å². The Labute approximate surface area is 117 Å². The molecule has 3 heterocycles. The maximum absolute atomic E-state index is 5.91. The van der Waals surface area contributed by atoms with E-state index in [9.17, 15) is 0 Å². The largest absolute Gasteiger partial charge is 0.374 e. The molecule has 19 heavy (non-hydrogen) atoms. The van der Waals surface area contributed by atoms with Gasteiger partial charge in [0.05, 0.1) is 12.7 Å². The summed E-state index contributed by atoms with van der Waals surface area (Å²) < 4.78 is 5.91. The molecule has 4 heteroatoms. The maximum atomic E-state index is 5.91. The summed E-state index contributed by atoms with van der Waals surface area (Å²) in [6.45, 7) is 9.58. The molecule has 0 aromatic rings. The molecule has 0 spiro atoms. The van der Waals surface area contributed by atoms with E-state index in [0.717, 1.165) is 19.7 Å². The van der Waals surface area contributed by atoms with Crippen molar-refractivity contribution < 1.29 is 4.74 Å². The molecule has 110 valence electrons. The minimum absolute atomic E-state index is 0.466. The van der Waals surface area contributed by atoms with E-state index in [1.54, 1.807) is 0 Å². The second-order valence-corrected chi connectivity index (χ2v) is 6.47. The number of hydrogen-bond donors (Lipinski definition) is 0. The van der Waals surface area contributed by atoms with Crippen molar-refractivity contribution in [3.8, 4) is 0 Å². The normalized spacial score (nSPS) is 34.6. The zero-order valence-corrected chi connectivity index (χ0v) is 12.4. The van der Waals surface area contributed by atoms with Crippen molar-refractivity contribution in [2.75, 3.05) is 59.5 Å². The van der Waals surface area contributed by atoms with Crippen molar-refractivity contribution in [2.24, 2.45) is 0 Å². The van der Waals surface area contributed by atoms with Gasteiger partial charge < -0.3 is 9.64 Å². The van der Waals surface area contributed by atoms with Gasteiger partial charge in [0.1, 0.15) is 0 Å². The molecule has 0 aromatic heterocycles. The first-order valence-electron chi connectivity index (χ1n) is 8.09. The second-order valence-electron chi connectivity index (χ2n) is 6.47. The van der Waals surface area contributed by atoms with E-state index >= 15 is 0 Å². The van der Waals surface area contributed by atoms with E-state index in [1.807, 2.05) is 0 Å². The molecular formula is C15H29N3O. The van der Waals surface area contributed by atoms with Gasteiger partial charge >= 0.3 is 0 Å². The van der Waals surface area contributed by atoms with E-state index in [2.05, 4.69) is 21.7 Å². The van der Waals surface area contributed by atoms with Crippen LogP contribution in [0.3, 0.4) is 0 Å². The third-order valence-electron chi connectivity index (χ3n) is 5.05. The molecular weight excluding hydrogens is 238 g/mol. The quantitative estimate of drug-likeness (QED) is 0.752. The Morgan fingerprint density at radius 2 is 1.74 bits per heavy atom. The van der Waals surface area contributed by atoms with Crippen molar-refractivity contribution in [2.45, 2.75) is 37.8 Å². The summed E-state index contributed by atoms with van der Waals surface area (Å²) in [7, 11) is 2.25. The minimum atomic E-state index is 0.466. The molecule has 0 radical (unpaired) electrons. The average Bonchev–Trinajstić information content (AvgIpc) is 2.84. The van der Waals surface area contributed by atoms with Crippen molar-refractivity contribution in [1.82, 2.24) is 14.7 Å². The van der Waals surface area contributed by atoms with Crippen LogP contribution in [0.1, 0.15) is 25.7 Å². The third-order valence-corrected chi connectivity index (χ3v) is 5.05. The molecule has 2 atom stereocenters. The van der Waals surface area contributed by atoms with Gasteiger partial charge in [0.25, 0.3) is 0 Å². The van der Waals surface area contributed by atoms with Crippen molar-refractivity contribution >= 4 is 0 Å². The van der Waals surface area contributed by atoms with E-state index in [0.29, 0.717) is 12.1 Å². The fourth-order valence-electron chi connectivity index (χ4n) is 3.82. The molecule has 0 aliphatic carbocycles. The highest BCUT2D eigenvalue weighted by Gasteiger charge is 2.38. The molecule has 3 fully saturated rings. The van der Waals surface area contributed by atoms with Gasteiger partial charge in [-0.25, -0.2) is 0 Å². The standard InChI is InChI=1S/C15H29N3O/c1-16-10-11-19-15-13-18(12-14(15)16)9-5-8-17-6-3-2-4-7-17/h14-15H,2-13H2,1H3. The first kappa shape index (κ1) is 13.8. The van der Waals surface area contributed by atoms with E-state index in [1.165, 1.54) is 58.4 Å². The number of fused-ring (bicyclic) bond motifs is 1. The van der Waals surface area contributed by atoms with Crippen molar-refractivity contribution in [3.05, 3.63) is 0 Å². The first-order chi connectivity index (χ1) is 9.33. The van der Waals surface area contributed by atoms with Crippen LogP contribution in [0.5, 0.6) is 0 Å². The lowest BCUT2D eigenvalue weighted by Gasteiger charge is -2.33. The molecule has 3 aliphatic rings. The van der Waals surface area contributed by atoms with Gasteiger partial charge in [-0.2, -0.15) is 0 Å². The van der Waals surface area contributed by atoms with E-state index in [4.69, 9.17) is 4.74 Å². The first-order valence-corrected chi connectivity index (χ1v) is 8.09. The summed E-state index contributed by atoms with van der Waals surface area (Å²) in [6.07, 6.45) is 6.05. The zero-order chi connectivity index (χ0) is 13.1. The molecule has 0 bridgehead atoms. The Morgan fingerprint density at radius 1 is 0.947 bits per heavy atom. The number of likely N-dealkylation sites (N-methyl/N-ethyl adjacent to an activating group) is 1. The number of rotatable bonds is 4. The molecule has 0 saturated carbocycles. The molecule has 3 saturated heterocycles. The van der Waals surface area contributed by atoms with Gasteiger partial charge in [0.2, 0.25) is 0 Å². The lowest BCUT2D eigenvalue weighted by molar-refractivity contribution is -0.0369. The van der Waals surface area contributed by atoms with Crippen LogP contribution in [-0.4, -0.2) is 86.3 Å². The summed E-state index contributed by atoms with van der Waals surface area (Å²) in [5, 5.41) is 0. The van der Waals surface area contributed by atoms with Crippen molar-refractivity contribution in [1.29, 1.82) is 0 Å². The molecule has 4 nitrogen and oxygen atoms in total. The fraction of sp³-hybridized carbons (Fsp3) is 1.00. The smallest absolute Gasteiger partial charge is 0.0869 e. The predicted octanol–water partition coefficient (Wildman–Crippen LogP) is 0.877.